The molecule has 0 saturated heterocycles. The van der Waals surface area contributed by atoms with E-state index in [9.17, 15) is 4.79 Å². The van der Waals surface area contributed by atoms with Gasteiger partial charge in [-0.1, -0.05) is 0 Å². The number of aliphatic hydroxyl groups excluding tert-OH is 1. The third-order valence-corrected chi connectivity index (χ3v) is 0.514. The number of carboxylic acids is 1. The average Bonchev–Trinajstić information content (AvgIpc) is 1.91. The van der Waals surface area contributed by atoms with Gasteiger partial charge in [-0.3, -0.25) is 16.5 Å². The fraction of sp³-hybridized carbons (Fsp3) is 0.667. The van der Waals surface area contributed by atoms with Crippen molar-refractivity contribution in [2.24, 2.45) is 17.4 Å². The van der Waals surface area contributed by atoms with E-state index in [-0.39, 0.29) is 0 Å². The van der Waals surface area contributed by atoms with Crippen molar-refractivity contribution in [3.05, 3.63) is 0 Å². The molecule has 0 heterocycles. The van der Waals surface area contributed by atoms with E-state index >= 15 is 0 Å². The van der Waals surface area contributed by atoms with Crippen molar-refractivity contribution in [2.45, 2.75) is 6.04 Å². The van der Waals surface area contributed by atoms with E-state index in [4.69, 9.17) is 15.9 Å². The zero-order valence-corrected chi connectivity index (χ0v) is 4.82. The number of hydrazine groups is 1. The van der Waals surface area contributed by atoms with E-state index in [1.807, 2.05) is 0 Å². The van der Waals surface area contributed by atoms with E-state index in [0.29, 0.717) is 0 Å². The first-order valence-electron chi connectivity index (χ1n) is 2.11. The number of hydrogen-bond donors (Lipinski definition) is 5. The normalized spacial score (nSPS) is 11.1. The molecule has 9 heavy (non-hydrogen) atoms. The first kappa shape index (κ1) is 11.2. The molecule has 0 aliphatic rings. The highest BCUT2D eigenvalue weighted by molar-refractivity contribution is 5.73. The smallest absolute Gasteiger partial charge is 0.322 e. The summed E-state index contributed by atoms with van der Waals surface area (Å²) in [5, 5.41) is 15.9. The van der Waals surface area contributed by atoms with Crippen molar-refractivity contribution < 1.29 is 15.0 Å². The minimum atomic E-state index is -1.18. The van der Waals surface area contributed by atoms with Gasteiger partial charge in [0, 0.05) is 0 Å². The molecular formula is C3H11N3O3. The minimum absolute atomic E-state index is 0.505. The van der Waals surface area contributed by atoms with Crippen LogP contribution in [0, 0.1) is 0 Å². The molecule has 0 aliphatic heterocycles. The number of aliphatic hydroxyl groups is 1. The van der Waals surface area contributed by atoms with Crippen LogP contribution in [0.25, 0.3) is 0 Å². The van der Waals surface area contributed by atoms with Gasteiger partial charge in [0.1, 0.15) is 6.04 Å². The van der Waals surface area contributed by atoms with Gasteiger partial charge in [-0.05, 0) is 0 Å². The maximum absolute atomic E-state index is 9.65. The van der Waals surface area contributed by atoms with Gasteiger partial charge < -0.3 is 15.9 Å². The largest absolute Gasteiger partial charge is 0.480 e. The summed E-state index contributed by atoms with van der Waals surface area (Å²) in [4.78, 5) is 9.65. The zero-order valence-electron chi connectivity index (χ0n) is 4.82. The van der Waals surface area contributed by atoms with Gasteiger partial charge in [-0.25, -0.2) is 0 Å². The van der Waals surface area contributed by atoms with Crippen LogP contribution in [0.4, 0.5) is 0 Å². The lowest BCUT2D eigenvalue weighted by Gasteiger charge is -1.96. The summed E-state index contributed by atoms with van der Waals surface area (Å²) in [6.07, 6.45) is 0. The predicted octanol–water partition coefficient (Wildman–Crippen LogP) is -2.79. The highest BCUT2D eigenvalue weighted by Crippen LogP contribution is 1.71. The van der Waals surface area contributed by atoms with Crippen molar-refractivity contribution in [1.82, 2.24) is 0 Å². The van der Waals surface area contributed by atoms with E-state index in [1.54, 1.807) is 0 Å². The lowest BCUT2D eigenvalue weighted by molar-refractivity contribution is -0.139. The van der Waals surface area contributed by atoms with Gasteiger partial charge >= 0.3 is 5.97 Å². The molecule has 0 aliphatic carbocycles. The second kappa shape index (κ2) is 7.31. The number of carbonyl (C=O) groups is 1. The maximum atomic E-state index is 9.65. The Hall–Kier alpha value is -0.690. The maximum Gasteiger partial charge on any atom is 0.322 e. The standard InChI is InChI=1S/C3H7NO3.H4N2/c4-2(1-5)3(6)7;1-2/h2,5H,1,4H2,(H,6,7);1-2H2/t2-;/m0./s1. The molecule has 0 radical (unpaired) electrons. The Kier molecular flexibility index (Phi) is 9.06. The molecule has 0 amide bonds. The zero-order chi connectivity index (χ0) is 7.86. The summed E-state index contributed by atoms with van der Waals surface area (Å²) < 4.78 is 0. The van der Waals surface area contributed by atoms with E-state index in [2.05, 4.69) is 11.7 Å². The molecule has 0 unspecified atom stereocenters. The summed E-state index contributed by atoms with van der Waals surface area (Å²) in [5.74, 6) is 6.82. The minimum Gasteiger partial charge on any atom is -0.480 e. The summed E-state index contributed by atoms with van der Waals surface area (Å²) in [5.41, 5.74) is 4.77. The number of aliphatic carboxylic acids is 1. The molecule has 0 spiro atoms. The van der Waals surface area contributed by atoms with Crippen LogP contribution < -0.4 is 17.4 Å². The SMILES string of the molecule is NN.N[C@@H](CO)C(=O)O. The van der Waals surface area contributed by atoms with Crippen molar-refractivity contribution >= 4 is 5.97 Å². The summed E-state index contributed by atoms with van der Waals surface area (Å²) in [7, 11) is 0. The molecule has 6 heteroatoms. The molecule has 56 valence electrons. The molecular weight excluding hydrogens is 126 g/mol. The third kappa shape index (κ3) is 7.31. The summed E-state index contributed by atoms with van der Waals surface area (Å²) in [6, 6.07) is -1.13. The van der Waals surface area contributed by atoms with E-state index in [1.165, 1.54) is 0 Å². The molecule has 0 rings (SSSR count). The number of rotatable bonds is 2. The fourth-order valence-electron chi connectivity index (χ4n) is 0.0781. The summed E-state index contributed by atoms with van der Waals surface area (Å²) >= 11 is 0. The van der Waals surface area contributed by atoms with Gasteiger partial charge in [-0.15, -0.1) is 0 Å². The molecule has 6 nitrogen and oxygen atoms in total. The van der Waals surface area contributed by atoms with Gasteiger partial charge in [0.25, 0.3) is 0 Å². The van der Waals surface area contributed by atoms with Gasteiger partial charge in [0.2, 0.25) is 0 Å². The number of carboxylic acid groups (broad SMARTS) is 1. The van der Waals surface area contributed by atoms with Gasteiger partial charge in [0.15, 0.2) is 0 Å². The molecule has 0 aromatic rings. The quantitative estimate of drug-likeness (QED) is 0.206. The summed E-state index contributed by atoms with van der Waals surface area (Å²) in [6.45, 7) is -0.505. The lowest BCUT2D eigenvalue weighted by Crippen LogP contribution is -2.33. The first-order chi connectivity index (χ1) is 4.18. The molecule has 0 saturated carbocycles. The Balaban J connectivity index is 0. The number of nitrogens with two attached hydrogens (primary N) is 3. The Morgan fingerprint density at radius 3 is 1.89 bits per heavy atom. The third-order valence-electron chi connectivity index (χ3n) is 0.514. The molecule has 8 N–H and O–H groups in total. The molecule has 1 atom stereocenters. The second-order valence-corrected chi connectivity index (χ2v) is 1.13. The molecule has 0 bridgehead atoms. The van der Waals surface area contributed by atoms with Crippen LogP contribution in [0.15, 0.2) is 0 Å². The predicted molar refractivity (Wildman–Crippen MR) is 31.1 cm³/mol. The van der Waals surface area contributed by atoms with Gasteiger partial charge in [0.05, 0.1) is 6.61 Å². The van der Waals surface area contributed by atoms with Crippen molar-refractivity contribution in [3.63, 3.8) is 0 Å². The van der Waals surface area contributed by atoms with Crippen LogP contribution in [0.3, 0.4) is 0 Å². The molecule has 0 fully saturated rings. The van der Waals surface area contributed by atoms with Crippen LogP contribution in [-0.4, -0.2) is 28.8 Å². The van der Waals surface area contributed by atoms with Crippen LogP contribution >= 0.6 is 0 Å². The Morgan fingerprint density at radius 1 is 1.56 bits per heavy atom. The first-order valence-corrected chi connectivity index (χ1v) is 2.11. The van der Waals surface area contributed by atoms with E-state index in [0.717, 1.165) is 0 Å². The Labute approximate surface area is 52.2 Å². The van der Waals surface area contributed by atoms with Crippen LogP contribution in [0.5, 0.6) is 0 Å². The second-order valence-electron chi connectivity index (χ2n) is 1.13. The Morgan fingerprint density at radius 2 is 1.89 bits per heavy atom. The lowest BCUT2D eigenvalue weighted by atomic mass is 10.3. The van der Waals surface area contributed by atoms with Crippen LogP contribution in [0.1, 0.15) is 0 Å². The van der Waals surface area contributed by atoms with Gasteiger partial charge in [-0.2, -0.15) is 0 Å². The van der Waals surface area contributed by atoms with Crippen molar-refractivity contribution in [1.29, 1.82) is 0 Å². The van der Waals surface area contributed by atoms with E-state index < -0.39 is 18.6 Å². The average molecular weight is 137 g/mol. The number of hydrogen-bond acceptors (Lipinski definition) is 5. The van der Waals surface area contributed by atoms with Crippen LogP contribution in [-0.2, 0) is 4.79 Å². The highest BCUT2D eigenvalue weighted by atomic mass is 16.4. The Bertz CT molecular complexity index is 76.7. The monoisotopic (exact) mass is 137 g/mol. The topological polar surface area (TPSA) is 136 Å². The van der Waals surface area contributed by atoms with Crippen molar-refractivity contribution in [3.8, 4) is 0 Å². The molecule has 0 aromatic heterocycles. The highest BCUT2D eigenvalue weighted by Gasteiger charge is 2.06. The molecule has 0 aromatic carbocycles. The van der Waals surface area contributed by atoms with Crippen LogP contribution in [0.2, 0.25) is 0 Å². The fourth-order valence-corrected chi connectivity index (χ4v) is 0.0781. The van der Waals surface area contributed by atoms with Crippen molar-refractivity contribution in [2.75, 3.05) is 6.61 Å².